The fraction of sp³-hybridized carbons (Fsp3) is 0.308. The topological polar surface area (TPSA) is 88.9 Å². The molecule has 0 unspecified atom stereocenters. The van der Waals surface area contributed by atoms with Crippen molar-refractivity contribution >= 4 is 39.9 Å². The van der Waals surface area contributed by atoms with Crippen molar-refractivity contribution in [1.29, 1.82) is 0 Å². The maximum atomic E-state index is 13.4. The Labute approximate surface area is 203 Å². The summed E-state index contributed by atoms with van der Waals surface area (Å²) >= 11 is 1.58. The second kappa shape index (κ2) is 9.77. The highest BCUT2D eigenvalue weighted by Crippen LogP contribution is 2.29. The first kappa shape index (κ1) is 23.6. The predicted molar refractivity (Wildman–Crippen MR) is 138 cm³/mol. The number of carbonyl (C=O) groups is 2. The first-order valence-corrected chi connectivity index (χ1v) is 12.2. The summed E-state index contributed by atoms with van der Waals surface area (Å²) < 4.78 is 1.83. The number of benzene rings is 1. The largest absolute Gasteiger partial charge is 0.352 e. The molecule has 176 valence electrons. The van der Waals surface area contributed by atoms with Crippen LogP contribution >= 0.6 is 11.3 Å². The number of carbonyl (C=O) groups excluding carboxylic acids is 2. The van der Waals surface area contributed by atoms with E-state index in [1.807, 2.05) is 49.0 Å². The molecule has 4 aromatic rings. The highest BCUT2D eigenvalue weighted by atomic mass is 32.1. The van der Waals surface area contributed by atoms with Gasteiger partial charge in [0, 0.05) is 23.8 Å². The summed E-state index contributed by atoms with van der Waals surface area (Å²) in [5.41, 5.74) is 3.97. The summed E-state index contributed by atoms with van der Waals surface area (Å²) in [6.45, 7) is 10.7. The van der Waals surface area contributed by atoms with Gasteiger partial charge in [0.05, 0.1) is 27.7 Å². The van der Waals surface area contributed by atoms with E-state index >= 15 is 0 Å². The average Bonchev–Trinajstić information content (AvgIpc) is 3.48. The molecule has 1 aromatic carbocycles. The molecule has 0 aliphatic carbocycles. The molecule has 7 nitrogen and oxygen atoms in total. The second-order valence-electron chi connectivity index (χ2n) is 9.04. The van der Waals surface area contributed by atoms with Gasteiger partial charge in [-0.25, -0.2) is 9.67 Å². The number of aryl methyl sites for hydroxylation is 1. The van der Waals surface area contributed by atoms with Crippen molar-refractivity contribution in [3.05, 3.63) is 64.7 Å². The highest BCUT2D eigenvalue weighted by Gasteiger charge is 2.20. The van der Waals surface area contributed by atoms with Crippen molar-refractivity contribution < 1.29 is 9.59 Å². The quantitative estimate of drug-likeness (QED) is 0.359. The first-order valence-electron chi connectivity index (χ1n) is 11.4. The molecule has 2 amide bonds. The van der Waals surface area contributed by atoms with Gasteiger partial charge in [-0.3, -0.25) is 9.59 Å². The number of hydrogen-bond donors (Lipinski definition) is 2. The van der Waals surface area contributed by atoms with Crippen LogP contribution in [0.15, 0.2) is 48.0 Å². The summed E-state index contributed by atoms with van der Waals surface area (Å²) in [5.74, 6) is 0.0146. The molecule has 0 fully saturated rings. The number of hydrogen-bond acceptors (Lipinski definition) is 5. The third-order valence-corrected chi connectivity index (χ3v) is 6.37. The molecular formula is C26H29N5O2S. The maximum Gasteiger partial charge on any atom is 0.256 e. The Morgan fingerprint density at radius 2 is 1.88 bits per heavy atom. The van der Waals surface area contributed by atoms with Crippen molar-refractivity contribution in [1.82, 2.24) is 20.1 Å². The summed E-state index contributed by atoms with van der Waals surface area (Å²) in [6, 6.07) is 11.2. The van der Waals surface area contributed by atoms with E-state index in [2.05, 4.69) is 29.6 Å². The molecule has 8 heteroatoms. The van der Waals surface area contributed by atoms with Crippen LogP contribution in [0.2, 0.25) is 0 Å². The van der Waals surface area contributed by atoms with Crippen LogP contribution in [-0.2, 0) is 0 Å². The monoisotopic (exact) mass is 475 g/mol. The minimum atomic E-state index is -0.242. The SMILES string of the molecule is Cc1cc(C(=O)NCC(C)C)ccc1NC(=O)c1cc(-c2cccs2)nc2c1cnn2C(C)C. The van der Waals surface area contributed by atoms with Gasteiger partial charge < -0.3 is 10.6 Å². The molecule has 2 N–H and O–H groups in total. The zero-order valence-corrected chi connectivity index (χ0v) is 20.9. The highest BCUT2D eigenvalue weighted by molar-refractivity contribution is 7.13. The van der Waals surface area contributed by atoms with Gasteiger partial charge in [0.15, 0.2) is 5.65 Å². The van der Waals surface area contributed by atoms with Crippen molar-refractivity contribution in [3.8, 4) is 10.6 Å². The van der Waals surface area contributed by atoms with Gasteiger partial charge in [0.2, 0.25) is 0 Å². The van der Waals surface area contributed by atoms with E-state index in [-0.39, 0.29) is 17.9 Å². The average molecular weight is 476 g/mol. The van der Waals surface area contributed by atoms with Crippen LogP contribution in [0.25, 0.3) is 21.6 Å². The number of pyridine rings is 1. The lowest BCUT2D eigenvalue weighted by Gasteiger charge is -2.13. The number of thiophene rings is 1. The van der Waals surface area contributed by atoms with Crippen LogP contribution in [0.3, 0.4) is 0 Å². The summed E-state index contributed by atoms with van der Waals surface area (Å²) in [5, 5.41) is 13.1. The van der Waals surface area contributed by atoms with E-state index in [4.69, 9.17) is 4.98 Å². The summed E-state index contributed by atoms with van der Waals surface area (Å²) in [6.07, 6.45) is 1.70. The molecular weight excluding hydrogens is 446 g/mol. The minimum Gasteiger partial charge on any atom is -0.352 e. The van der Waals surface area contributed by atoms with Gasteiger partial charge in [-0.1, -0.05) is 19.9 Å². The van der Waals surface area contributed by atoms with Gasteiger partial charge in [0.25, 0.3) is 11.8 Å². The smallest absolute Gasteiger partial charge is 0.256 e. The lowest BCUT2D eigenvalue weighted by Crippen LogP contribution is -2.27. The van der Waals surface area contributed by atoms with Crippen molar-refractivity contribution in [2.45, 2.75) is 40.7 Å². The van der Waals surface area contributed by atoms with E-state index in [9.17, 15) is 9.59 Å². The number of nitrogens with zero attached hydrogens (tertiary/aromatic N) is 3. The van der Waals surface area contributed by atoms with Crippen molar-refractivity contribution in [3.63, 3.8) is 0 Å². The van der Waals surface area contributed by atoms with Crippen LogP contribution in [0.5, 0.6) is 0 Å². The lowest BCUT2D eigenvalue weighted by molar-refractivity contribution is 0.0948. The summed E-state index contributed by atoms with van der Waals surface area (Å²) in [4.78, 5) is 31.6. The van der Waals surface area contributed by atoms with Gasteiger partial charge in [-0.15, -0.1) is 11.3 Å². The molecule has 4 rings (SSSR count). The predicted octanol–water partition coefficient (Wildman–Crippen LogP) is 5.69. The fourth-order valence-corrected chi connectivity index (χ4v) is 4.35. The molecule has 34 heavy (non-hydrogen) atoms. The van der Waals surface area contributed by atoms with E-state index in [0.717, 1.165) is 16.1 Å². The molecule has 0 radical (unpaired) electrons. The van der Waals surface area contributed by atoms with E-state index in [1.165, 1.54) is 0 Å². The Bertz CT molecular complexity index is 1340. The Morgan fingerprint density at radius 1 is 1.09 bits per heavy atom. The Kier molecular flexibility index (Phi) is 6.79. The summed E-state index contributed by atoms with van der Waals surface area (Å²) in [7, 11) is 0. The molecule has 3 heterocycles. The van der Waals surface area contributed by atoms with Crippen LogP contribution in [0.1, 0.15) is 60.0 Å². The van der Waals surface area contributed by atoms with Crippen LogP contribution in [-0.4, -0.2) is 33.1 Å². The van der Waals surface area contributed by atoms with Crippen LogP contribution in [0.4, 0.5) is 5.69 Å². The Morgan fingerprint density at radius 3 is 2.53 bits per heavy atom. The number of rotatable bonds is 7. The normalized spacial score (nSPS) is 11.4. The van der Waals surface area contributed by atoms with Crippen molar-refractivity contribution in [2.24, 2.45) is 5.92 Å². The molecule has 0 bridgehead atoms. The maximum absolute atomic E-state index is 13.4. The Balaban J connectivity index is 1.66. The van der Waals surface area contributed by atoms with Crippen LogP contribution < -0.4 is 10.6 Å². The first-order chi connectivity index (χ1) is 16.2. The number of anilines is 1. The van der Waals surface area contributed by atoms with E-state index < -0.39 is 0 Å². The van der Waals surface area contributed by atoms with Crippen molar-refractivity contribution in [2.75, 3.05) is 11.9 Å². The molecule has 0 atom stereocenters. The zero-order chi connectivity index (χ0) is 24.4. The molecule has 0 saturated heterocycles. The molecule has 0 aliphatic rings. The molecule has 0 spiro atoms. The number of fused-ring (bicyclic) bond motifs is 1. The number of aromatic nitrogens is 3. The van der Waals surface area contributed by atoms with E-state index in [1.54, 1.807) is 35.7 Å². The van der Waals surface area contributed by atoms with Gasteiger partial charge in [-0.2, -0.15) is 5.10 Å². The van der Waals surface area contributed by atoms with Gasteiger partial charge in [-0.05, 0) is 68.0 Å². The molecule has 0 saturated carbocycles. The van der Waals surface area contributed by atoms with E-state index in [0.29, 0.717) is 40.3 Å². The fourth-order valence-electron chi connectivity index (χ4n) is 3.67. The lowest BCUT2D eigenvalue weighted by atomic mass is 10.1. The van der Waals surface area contributed by atoms with Crippen LogP contribution in [0, 0.1) is 12.8 Å². The number of nitrogens with one attached hydrogen (secondary N) is 2. The minimum absolute atomic E-state index is 0.108. The number of amides is 2. The zero-order valence-electron chi connectivity index (χ0n) is 20.0. The van der Waals surface area contributed by atoms with Gasteiger partial charge in [0.1, 0.15) is 0 Å². The standard InChI is InChI=1S/C26H29N5O2S/c1-15(2)13-27-25(32)18-8-9-21(17(5)11-18)30-26(33)19-12-22(23-7-6-10-34-23)29-24-20(19)14-28-31(24)16(3)4/h6-12,14-16H,13H2,1-5H3,(H,27,32)(H,30,33). The molecule has 3 aromatic heterocycles. The Hall–Kier alpha value is -3.52. The molecule has 0 aliphatic heterocycles. The second-order valence-corrected chi connectivity index (χ2v) is 9.99. The third kappa shape index (κ3) is 4.87. The van der Waals surface area contributed by atoms with Gasteiger partial charge >= 0.3 is 0 Å². The third-order valence-electron chi connectivity index (χ3n) is 5.48.